The summed E-state index contributed by atoms with van der Waals surface area (Å²) in [6.45, 7) is 3.46. The van der Waals surface area contributed by atoms with E-state index in [0.717, 1.165) is 4.60 Å². The van der Waals surface area contributed by atoms with Crippen LogP contribution in [0.5, 0.6) is 0 Å². The number of aliphatic hydroxyl groups is 1. The van der Waals surface area contributed by atoms with Crippen molar-refractivity contribution >= 4 is 44.4 Å². The van der Waals surface area contributed by atoms with Gasteiger partial charge in [0.2, 0.25) is 0 Å². The largest absolute Gasteiger partial charge is 0.393 e. The van der Waals surface area contributed by atoms with Crippen LogP contribution >= 0.6 is 31.9 Å². The lowest BCUT2D eigenvalue weighted by atomic mass is 10.2. The molecular weight excluding hydrogens is 442 g/mol. The number of carbonyl (C=O) groups excluding carboxylic acids is 1. The Morgan fingerprint density at radius 2 is 1.67 bits per heavy atom. The van der Waals surface area contributed by atoms with Gasteiger partial charge in [-0.2, -0.15) is 0 Å². The first kappa shape index (κ1) is 20.4. The summed E-state index contributed by atoms with van der Waals surface area (Å²) in [6, 6.07) is 10.7. The van der Waals surface area contributed by atoms with Crippen LogP contribution in [0, 0.1) is 0 Å². The van der Waals surface area contributed by atoms with Gasteiger partial charge in [0.25, 0.3) is 0 Å². The molecule has 0 bridgehead atoms. The van der Waals surface area contributed by atoms with E-state index >= 15 is 0 Å². The summed E-state index contributed by atoms with van der Waals surface area (Å²) < 4.78 is 1.43. The molecule has 6 nitrogen and oxygen atoms in total. The average molecular weight is 459 g/mol. The van der Waals surface area contributed by atoms with Crippen molar-refractivity contribution in [3.63, 3.8) is 0 Å². The zero-order chi connectivity index (χ0) is 18.0. The Kier molecular flexibility index (Phi) is 8.73. The van der Waals surface area contributed by atoms with Crippen LogP contribution in [0.2, 0.25) is 0 Å². The number of oxime groups is 1. The van der Waals surface area contributed by atoms with E-state index in [-0.39, 0.29) is 6.61 Å². The van der Waals surface area contributed by atoms with Crippen molar-refractivity contribution in [2.75, 3.05) is 6.61 Å². The average Bonchev–Trinajstić information content (AvgIpc) is 2.51. The van der Waals surface area contributed by atoms with E-state index in [0.29, 0.717) is 22.3 Å². The van der Waals surface area contributed by atoms with Crippen LogP contribution in [0.3, 0.4) is 0 Å². The minimum Gasteiger partial charge on any atom is -0.393 e. The SMILES string of the molecule is CC(C)(O)CON=Cc1cccc(Br)n1.O=Cc1cccc(Br)n1. The fraction of sp³-hybridized carbons (Fsp3) is 0.250. The molecule has 24 heavy (non-hydrogen) atoms. The molecule has 0 amide bonds. The summed E-state index contributed by atoms with van der Waals surface area (Å²) in [5.74, 6) is 0. The number of rotatable bonds is 5. The molecule has 1 N–H and O–H groups in total. The molecule has 0 aromatic carbocycles. The summed E-state index contributed by atoms with van der Waals surface area (Å²) >= 11 is 6.38. The standard InChI is InChI=1S/C10H13BrN2O2.C6H4BrNO/c1-10(2,14)7-15-12-6-8-4-3-5-9(11)13-8;7-6-3-1-2-5(4-9)8-6/h3-6,14H,7H2,1-2H3;1-4H. The molecule has 0 unspecified atom stereocenters. The Balaban J connectivity index is 0.000000272. The van der Waals surface area contributed by atoms with Crippen molar-refractivity contribution in [3.05, 3.63) is 57.0 Å². The first-order valence-corrected chi connectivity index (χ1v) is 8.47. The minimum atomic E-state index is -0.873. The summed E-state index contributed by atoms with van der Waals surface area (Å²) in [4.78, 5) is 23.0. The number of carbonyl (C=O) groups is 1. The molecule has 0 spiro atoms. The molecular formula is C16H17Br2N3O3. The summed E-state index contributed by atoms with van der Waals surface area (Å²) in [7, 11) is 0. The summed E-state index contributed by atoms with van der Waals surface area (Å²) in [5, 5.41) is 13.0. The van der Waals surface area contributed by atoms with Gasteiger partial charge in [-0.15, -0.1) is 0 Å². The molecule has 0 aliphatic carbocycles. The first-order chi connectivity index (χ1) is 11.3. The van der Waals surface area contributed by atoms with Gasteiger partial charge < -0.3 is 9.94 Å². The van der Waals surface area contributed by atoms with E-state index in [9.17, 15) is 9.90 Å². The quantitative estimate of drug-likeness (QED) is 0.320. The molecule has 0 radical (unpaired) electrons. The van der Waals surface area contributed by atoms with E-state index in [1.807, 2.05) is 18.2 Å². The van der Waals surface area contributed by atoms with Crippen molar-refractivity contribution in [1.29, 1.82) is 0 Å². The van der Waals surface area contributed by atoms with Crippen LogP contribution in [0.1, 0.15) is 30.0 Å². The Labute approximate surface area is 157 Å². The molecule has 2 heterocycles. The number of hydrogen-bond donors (Lipinski definition) is 1. The van der Waals surface area contributed by atoms with Crippen molar-refractivity contribution in [2.45, 2.75) is 19.4 Å². The van der Waals surface area contributed by atoms with Crippen LogP contribution in [0.4, 0.5) is 0 Å². The molecule has 2 aromatic heterocycles. The molecule has 8 heteroatoms. The fourth-order valence-electron chi connectivity index (χ4n) is 1.27. The van der Waals surface area contributed by atoms with Crippen LogP contribution < -0.4 is 0 Å². The number of pyridine rings is 2. The summed E-state index contributed by atoms with van der Waals surface area (Å²) in [6.07, 6.45) is 2.21. The van der Waals surface area contributed by atoms with Gasteiger partial charge in [-0.25, -0.2) is 9.97 Å². The zero-order valence-corrected chi connectivity index (χ0v) is 16.4. The molecule has 2 aromatic rings. The van der Waals surface area contributed by atoms with Crippen LogP contribution in [0.25, 0.3) is 0 Å². The van der Waals surface area contributed by atoms with Crippen molar-refractivity contribution < 1.29 is 14.7 Å². The number of aromatic nitrogens is 2. The third-order valence-corrected chi connectivity index (χ3v) is 3.15. The molecule has 0 aliphatic heterocycles. The predicted molar refractivity (Wildman–Crippen MR) is 99.1 cm³/mol. The van der Waals surface area contributed by atoms with E-state index in [4.69, 9.17) is 4.84 Å². The van der Waals surface area contributed by atoms with Gasteiger partial charge in [-0.1, -0.05) is 17.3 Å². The van der Waals surface area contributed by atoms with Crippen molar-refractivity contribution in [1.82, 2.24) is 9.97 Å². The molecule has 0 atom stereocenters. The number of aldehydes is 1. The Hall–Kier alpha value is -1.64. The predicted octanol–water partition coefficient (Wildman–Crippen LogP) is 3.62. The molecule has 0 saturated carbocycles. The zero-order valence-electron chi connectivity index (χ0n) is 13.2. The van der Waals surface area contributed by atoms with Crippen molar-refractivity contribution in [2.24, 2.45) is 5.16 Å². The van der Waals surface area contributed by atoms with Gasteiger partial charge in [0, 0.05) is 0 Å². The maximum absolute atomic E-state index is 10.1. The number of halogens is 2. The summed E-state index contributed by atoms with van der Waals surface area (Å²) in [5.41, 5.74) is 0.270. The second-order valence-electron chi connectivity index (χ2n) is 5.21. The highest BCUT2D eigenvalue weighted by Crippen LogP contribution is 2.05. The minimum absolute atomic E-state index is 0.150. The first-order valence-electron chi connectivity index (χ1n) is 6.88. The maximum Gasteiger partial charge on any atom is 0.168 e. The highest BCUT2D eigenvalue weighted by molar-refractivity contribution is 9.10. The van der Waals surface area contributed by atoms with E-state index < -0.39 is 5.60 Å². The third-order valence-electron chi connectivity index (χ3n) is 2.27. The van der Waals surface area contributed by atoms with Crippen LogP contribution in [-0.4, -0.2) is 39.8 Å². The second kappa shape index (κ2) is 10.3. The van der Waals surface area contributed by atoms with E-state index in [2.05, 4.69) is 47.0 Å². The Bertz CT molecular complexity index is 688. The lowest BCUT2D eigenvalue weighted by Gasteiger charge is -2.13. The molecule has 2 rings (SSSR count). The van der Waals surface area contributed by atoms with Crippen LogP contribution in [-0.2, 0) is 4.84 Å². The highest BCUT2D eigenvalue weighted by atomic mass is 79.9. The van der Waals surface area contributed by atoms with Gasteiger partial charge in [0.05, 0.1) is 17.5 Å². The fourth-order valence-corrected chi connectivity index (χ4v) is 1.99. The molecule has 128 valence electrons. The maximum atomic E-state index is 10.1. The van der Waals surface area contributed by atoms with E-state index in [1.165, 1.54) is 6.21 Å². The highest BCUT2D eigenvalue weighted by Gasteiger charge is 2.12. The van der Waals surface area contributed by atoms with Gasteiger partial charge in [-0.05, 0) is 70.0 Å². The van der Waals surface area contributed by atoms with Crippen molar-refractivity contribution in [3.8, 4) is 0 Å². The number of hydrogen-bond acceptors (Lipinski definition) is 6. The van der Waals surface area contributed by atoms with Crippen LogP contribution in [0.15, 0.2) is 50.8 Å². The topological polar surface area (TPSA) is 84.7 Å². The Morgan fingerprint density at radius 1 is 1.12 bits per heavy atom. The lowest BCUT2D eigenvalue weighted by molar-refractivity contribution is -0.0185. The van der Waals surface area contributed by atoms with Gasteiger partial charge >= 0.3 is 0 Å². The van der Waals surface area contributed by atoms with Gasteiger partial charge in [0.15, 0.2) is 6.29 Å². The third kappa shape index (κ3) is 9.49. The van der Waals surface area contributed by atoms with Gasteiger partial charge in [-0.3, -0.25) is 4.79 Å². The normalized spacial score (nSPS) is 10.9. The smallest absolute Gasteiger partial charge is 0.168 e. The molecule has 0 aliphatic rings. The lowest BCUT2D eigenvalue weighted by Crippen LogP contribution is -2.24. The second-order valence-corrected chi connectivity index (χ2v) is 6.83. The monoisotopic (exact) mass is 457 g/mol. The Morgan fingerprint density at radius 3 is 2.12 bits per heavy atom. The molecule has 0 saturated heterocycles. The van der Waals surface area contributed by atoms with E-state index in [1.54, 1.807) is 32.0 Å². The molecule has 0 fully saturated rings. The van der Waals surface area contributed by atoms with Gasteiger partial charge in [0.1, 0.15) is 21.5 Å². The number of nitrogens with zero attached hydrogens (tertiary/aromatic N) is 3.